The van der Waals surface area contributed by atoms with E-state index >= 15 is 0 Å². The molecular formula is C12H16BrN3O2. The minimum Gasteiger partial charge on any atom is -0.366 e. The van der Waals surface area contributed by atoms with Gasteiger partial charge in [0.1, 0.15) is 12.0 Å². The number of nitrogens with zero attached hydrogens (tertiary/aromatic N) is 2. The van der Waals surface area contributed by atoms with Crippen molar-refractivity contribution >= 4 is 27.4 Å². The number of hydrogen-bond donors (Lipinski definition) is 1. The maximum Gasteiger partial charge on any atom is 0.288 e. The van der Waals surface area contributed by atoms with E-state index in [4.69, 9.17) is 0 Å². The second-order valence-corrected chi connectivity index (χ2v) is 5.80. The molecule has 0 aliphatic heterocycles. The summed E-state index contributed by atoms with van der Waals surface area (Å²) in [7, 11) is 0. The first-order chi connectivity index (χ1) is 8.49. The molecule has 1 aromatic heterocycles. The molecule has 0 radical (unpaired) electrons. The zero-order valence-electron chi connectivity index (χ0n) is 10.4. The molecule has 18 heavy (non-hydrogen) atoms. The van der Waals surface area contributed by atoms with Crippen molar-refractivity contribution in [3.63, 3.8) is 0 Å². The number of halogens is 1. The van der Waals surface area contributed by atoms with Gasteiger partial charge in [0.2, 0.25) is 0 Å². The lowest BCUT2D eigenvalue weighted by Gasteiger charge is -2.20. The monoisotopic (exact) mass is 313 g/mol. The SMILES string of the molecule is CC1CCC(Nc2ncc([N+](=O)[O-])cc2Br)C1C. The van der Waals surface area contributed by atoms with Crippen molar-refractivity contribution in [1.82, 2.24) is 4.98 Å². The van der Waals surface area contributed by atoms with Crippen LogP contribution in [0.1, 0.15) is 26.7 Å². The Labute approximate surface area is 114 Å². The molecule has 98 valence electrons. The molecule has 1 aliphatic rings. The summed E-state index contributed by atoms with van der Waals surface area (Å²) >= 11 is 3.33. The molecule has 0 aromatic carbocycles. The third-order valence-electron chi connectivity index (χ3n) is 3.82. The summed E-state index contributed by atoms with van der Waals surface area (Å²) < 4.78 is 0.642. The zero-order valence-corrected chi connectivity index (χ0v) is 12.0. The number of anilines is 1. The van der Waals surface area contributed by atoms with Crippen LogP contribution in [0, 0.1) is 22.0 Å². The fourth-order valence-corrected chi connectivity index (χ4v) is 2.83. The van der Waals surface area contributed by atoms with E-state index in [2.05, 4.69) is 40.1 Å². The topological polar surface area (TPSA) is 68.1 Å². The Morgan fingerprint density at radius 3 is 2.72 bits per heavy atom. The van der Waals surface area contributed by atoms with Gasteiger partial charge >= 0.3 is 0 Å². The van der Waals surface area contributed by atoms with Gasteiger partial charge in [-0.3, -0.25) is 10.1 Å². The van der Waals surface area contributed by atoms with Crippen LogP contribution >= 0.6 is 15.9 Å². The van der Waals surface area contributed by atoms with Crippen LogP contribution in [0.5, 0.6) is 0 Å². The highest BCUT2D eigenvalue weighted by atomic mass is 79.9. The summed E-state index contributed by atoms with van der Waals surface area (Å²) in [6, 6.07) is 1.88. The molecule has 0 saturated heterocycles. The molecule has 6 heteroatoms. The van der Waals surface area contributed by atoms with Crippen molar-refractivity contribution < 1.29 is 4.92 Å². The van der Waals surface area contributed by atoms with Gasteiger partial charge in [-0.1, -0.05) is 13.8 Å². The lowest BCUT2D eigenvalue weighted by atomic mass is 9.98. The molecule has 1 heterocycles. The highest BCUT2D eigenvalue weighted by Gasteiger charge is 2.30. The average Bonchev–Trinajstić information content (AvgIpc) is 2.63. The van der Waals surface area contributed by atoms with Gasteiger partial charge in [-0.15, -0.1) is 0 Å². The van der Waals surface area contributed by atoms with Crippen LogP contribution < -0.4 is 5.32 Å². The van der Waals surface area contributed by atoms with E-state index in [-0.39, 0.29) is 5.69 Å². The van der Waals surface area contributed by atoms with Crippen molar-refractivity contribution in [3.8, 4) is 0 Å². The number of rotatable bonds is 3. The average molecular weight is 314 g/mol. The number of pyridine rings is 1. The maximum atomic E-state index is 10.6. The first kappa shape index (κ1) is 13.3. The molecular weight excluding hydrogens is 298 g/mol. The summed E-state index contributed by atoms with van der Waals surface area (Å²) in [6.07, 6.45) is 3.62. The summed E-state index contributed by atoms with van der Waals surface area (Å²) in [4.78, 5) is 14.3. The Hall–Kier alpha value is -1.17. The van der Waals surface area contributed by atoms with Gasteiger partial charge < -0.3 is 5.32 Å². The van der Waals surface area contributed by atoms with E-state index in [1.807, 2.05) is 0 Å². The van der Waals surface area contributed by atoms with Gasteiger partial charge in [-0.05, 0) is 40.6 Å². The lowest BCUT2D eigenvalue weighted by Crippen LogP contribution is -2.24. The van der Waals surface area contributed by atoms with Gasteiger partial charge in [-0.25, -0.2) is 4.98 Å². The van der Waals surface area contributed by atoms with Crippen LogP contribution in [0.25, 0.3) is 0 Å². The van der Waals surface area contributed by atoms with Gasteiger partial charge in [-0.2, -0.15) is 0 Å². The molecule has 3 atom stereocenters. The molecule has 1 N–H and O–H groups in total. The molecule has 0 amide bonds. The van der Waals surface area contributed by atoms with E-state index in [0.717, 1.165) is 6.42 Å². The molecule has 5 nitrogen and oxygen atoms in total. The Bertz CT molecular complexity index is 467. The zero-order chi connectivity index (χ0) is 13.3. The van der Waals surface area contributed by atoms with Crippen molar-refractivity contribution in [2.24, 2.45) is 11.8 Å². The predicted molar refractivity (Wildman–Crippen MR) is 73.6 cm³/mol. The number of aromatic nitrogens is 1. The molecule has 3 unspecified atom stereocenters. The maximum absolute atomic E-state index is 10.6. The molecule has 1 saturated carbocycles. The fourth-order valence-electron chi connectivity index (χ4n) is 2.38. The van der Waals surface area contributed by atoms with Crippen molar-refractivity contribution in [3.05, 3.63) is 26.9 Å². The number of nitrogens with one attached hydrogen (secondary N) is 1. The van der Waals surface area contributed by atoms with E-state index in [0.29, 0.717) is 28.2 Å². The number of hydrogen-bond acceptors (Lipinski definition) is 4. The Balaban J connectivity index is 2.13. The molecule has 2 rings (SSSR count). The first-order valence-corrected chi connectivity index (χ1v) is 6.85. The molecule has 1 aliphatic carbocycles. The largest absolute Gasteiger partial charge is 0.366 e. The second-order valence-electron chi connectivity index (χ2n) is 4.95. The third-order valence-corrected chi connectivity index (χ3v) is 4.43. The van der Waals surface area contributed by atoms with E-state index < -0.39 is 4.92 Å². The van der Waals surface area contributed by atoms with E-state index in [1.165, 1.54) is 18.7 Å². The molecule has 1 aromatic rings. The normalized spacial score (nSPS) is 27.2. The van der Waals surface area contributed by atoms with Crippen LogP contribution in [0.2, 0.25) is 0 Å². The van der Waals surface area contributed by atoms with Crippen molar-refractivity contribution in [2.75, 3.05) is 5.32 Å². The van der Waals surface area contributed by atoms with Crippen molar-refractivity contribution in [2.45, 2.75) is 32.7 Å². The van der Waals surface area contributed by atoms with E-state index in [9.17, 15) is 10.1 Å². The van der Waals surface area contributed by atoms with Crippen LogP contribution in [-0.4, -0.2) is 15.9 Å². The first-order valence-electron chi connectivity index (χ1n) is 6.05. The van der Waals surface area contributed by atoms with Gasteiger partial charge in [0.15, 0.2) is 0 Å². The summed E-state index contributed by atoms with van der Waals surface area (Å²) in [5, 5.41) is 14.0. The fraction of sp³-hybridized carbons (Fsp3) is 0.583. The van der Waals surface area contributed by atoms with Crippen LogP contribution in [-0.2, 0) is 0 Å². The third kappa shape index (κ3) is 2.63. The summed E-state index contributed by atoms with van der Waals surface area (Å²) in [5.74, 6) is 1.99. The van der Waals surface area contributed by atoms with Crippen LogP contribution in [0.4, 0.5) is 11.5 Å². The van der Waals surface area contributed by atoms with Crippen LogP contribution in [0.3, 0.4) is 0 Å². The Morgan fingerprint density at radius 2 is 2.22 bits per heavy atom. The van der Waals surface area contributed by atoms with Crippen molar-refractivity contribution in [1.29, 1.82) is 0 Å². The summed E-state index contributed by atoms with van der Waals surface area (Å²) in [5.41, 5.74) is 0.000244. The predicted octanol–water partition coefficient (Wildman–Crippen LogP) is 3.60. The highest BCUT2D eigenvalue weighted by Crippen LogP contribution is 2.34. The molecule has 1 fully saturated rings. The smallest absolute Gasteiger partial charge is 0.288 e. The molecule has 0 bridgehead atoms. The van der Waals surface area contributed by atoms with Gasteiger partial charge in [0, 0.05) is 12.1 Å². The Morgan fingerprint density at radius 1 is 1.50 bits per heavy atom. The number of nitro groups is 1. The highest BCUT2D eigenvalue weighted by molar-refractivity contribution is 9.10. The lowest BCUT2D eigenvalue weighted by molar-refractivity contribution is -0.385. The quantitative estimate of drug-likeness (QED) is 0.684. The standard InChI is InChI=1S/C12H16BrN3O2/c1-7-3-4-11(8(7)2)15-12-10(13)5-9(6-14-12)16(17)18/h5-8,11H,3-4H2,1-2H3,(H,14,15). The van der Waals surface area contributed by atoms with Gasteiger partial charge in [0.05, 0.1) is 9.40 Å². The van der Waals surface area contributed by atoms with Gasteiger partial charge in [0.25, 0.3) is 5.69 Å². The van der Waals surface area contributed by atoms with Crippen LogP contribution in [0.15, 0.2) is 16.7 Å². The minimum absolute atomic E-state index is 0.000244. The van der Waals surface area contributed by atoms with E-state index in [1.54, 1.807) is 0 Å². The molecule has 0 spiro atoms. The minimum atomic E-state index is -0.443. The second kappa shape index (κ2) is 5.22. The Kier molecular flexibility index (Phi) is 3.85. The summed E-state index contributed by atoms with van der Waals surface area (Å²) in [6.45, 7) is 4.49.